The highest BCUT2D eigenvalue weighted by Crippen LogP contribution is 2.44. The molecule has 1 fully saturated rings. The van der Waals surface area contributed by atoms with Crippen LogP contribution in [0.4, 0.5) is 4.79 Å². The van der Waals surface area contributed by atoms with Crippen LogP contribution in [-0.4, -0.2) is 78.2 Å². The Balaban J connectivity index is 1.21. The van der Waals surface area contributed by atoms with Gasteiger partial charge in [0.2, 0.25) is 5.91 Å². The monoisotopic (exact) mass is 479 g/mol. The first-order valence-corrected chi connectivity index (χ1v) is 12.2. The number of nitrogens with one attached hydrogen (secondary N) is 1. The van der Waals surface area contributed by atoms with Crippen LogP contribution < -0.4 is 5.32 Å². The molecular weight excluding hydrogens is 446 g/mol. The molecule has 1 aliphatic carbocycles. The first-order valence-electron chi connectivity index (χ1n) is 12.2. The molecule has 186 valence electrons. The molecule has 2 atom stereocenters. The minimum absolute atomic E-state index is 0.00895. The molecule has 1 saturated heterocycles. The summed E-state index contributed by atoms with van der Waals surface area (Å²) < 4.78 is 5.57. The van der Waals surface area contributed by atoms with Crippen LogP contribution in [0.1, 0.15) is 37.3 Å². The van der Waals surface area contributed by atoms with E-state index in [1.165, 1.54) is 22.3 Å². The summed E-state index contributed by atoms with van der Waals surface area (Å²) in [7, 11) is 0. The minimum atomic E-state index is -0.849. The van der Waals surface area contributed by atoms with Gasteiger partial charge in [0, 0.05) is 45.1 Å². The molecule has 4 rings (SSSR count). The lowest BCUT2D eigenvalue weighted by Gasteiger charge is -2.37. The van der Waals surface area contributed by atoms with Crippen molar-refractivity contribution < 1.29 is 24.2 Å². The summed E-state index contributed by atoms with van der Waals surface area (Å²) >= 11 is 0. The summed E-state index contributed by atoms with van der Waals surface area (Å²) in [6.45, 7) is 6.31. The quantitative estimate of drug-likeness (QED) is 0.604. The van der Waals surface area contributed by atoms with Crippen molar-refractivity contribution in [3.05, 3.63) is 59.7 Å². The fourth-order valence-corrected chi connectivity index (χ4v) is 4.92. The van der Waals surface area contributed by atoms with Crippen molar-refractivity contribution in [3.8, 4) is 11.1 Å². The fourth-order valence-electron chi connectivity index (χ4n) is 4.92. The Morgan fingerprint density at radius 1 is 0.971 bits per heavy atom. The average molecular weight is 480 g/mol. The average Bonchev–Trinajstić information content (AvgIpc) is 3.19. The zero-order valence-corrected chi connectivity index (χ0v) is 20.3. The van der Waals surface area contributed by atoms with Gasteiger partial charge in [0.15, 0.2) is 0 Å². The SMILES string of the molecule is CC(CNC(=O)OCC1c2ccccc2-c2ccccc21)CC(=O)N1CCN(C(C)C(=O)O)CC1. The number of nitrogens with zero attached hydrogens (tertiary/aromatic N) is 2. The lowest BCUT2D eigenvalue weighted by molar-refractivity contribution is -0.144. The van der Waals surface area contributed by atoms with E-state index in [0.717, 1.165) is 0 Å². The molecule has 2 aromatic rings. The van der Waals surface area contributed by atoms with Gasteiger partial charge in [0.25, 0.3) is 0 Å². The Bertz CT molecular complexity index is 1030. The van der Waals surface area contributed by atoms with E-state index in [-0.39, 0.29) is 24.3 Å². The summed E-state index contributed by atoms with van der Waals surface area (Å²) in [5.41, 5.74) is 4.70. The predicted octanol–water partition coefficient (Wildman–Crippen LogP) is 3.17. The van der Waals surface area contributed by atoms with Gasteiger partial charge in [-0.1, -0.05) is 55.5 Å². The van der Waals surface area contributed by atoms with Crippen LogP contribution in [0.25, 0.3) is 11.1 Å². The van der Waals surface area contributed by atoms with Crippen molar-refractivity contribution in [3.63, 3.8) is 0 Å². The topological polar surface area (TPSA) is 99.2 Å². The van der Waals surface area contributed by atoms with Crippen molar-refractivity contribution >= 4 is 18.0 Å². The Morgan fingerprint density at radius 2 is 1.54 bits per heavy atom. The number of amides is 2. The molecule has 2 aliphatic rings. The number of ether oxygens (including phenoxy) is 1. The first kappa shape index (κ1) is 24.7. The Kier molecular flexibility index (Phi) is 7.70. The van der Waals surface area contributed by atoms with Crippen LogP contribution in [-0.2, 0) is 14.3 Å². The van der Waals surface area contributed by atoms with E-state index in [1.54, 1.807) is 11.8 Å². The summed E-state index contributed by atoms with van der Waals surface area (Å²) in [5.74, 6) is -0.860. The smallest absolute Gasteiger partial charge is 0.407 e. The van der Waals surface area contributed by atoms with Crippen LogP contribution in [0.5, 0.6) is 0 Å². The molecule has 2 unspecified atom stereocenters. The van der Waals surface area contributed by atoms with Crippen molar-refractivity contribution in [1.82, 2.24) is 15.1 Å². The van der Waals surface area contributed by atoms with Crippen molar-refractivity contribution in [2.45, 2.75) is 32.2 Å². The zero-order valence-electron chi connectivity index (χ0n) is 20.3. The summed E-state index contributed by atoms with van der Waals surface area (Å²) in [6.07, 6.45) is -0.166. The Hall–Kier alpha value is -3.39. The minimum Gasteiger partial charge on any atom is -0.480 e. The standard InChI is InChI=1S/C27H33N3O5/c1-18(15-25(31)30-13-11-29(12-14-30)19(2)26(32)33)16-28-27(34)35-17-24-22-9-5-3-7-20(22)21-8-4-6-10-23(21)24/h3-10,18-19,24H,11-17H2,1-2H3,(H,28,34)(H,32,33). The molecule has 35 heavy (non-hydrogen) atoms. The molecule has 1 aliphatic heterocycles. The number of hydrogen-bond donors (Lipinski definition) is 2. The molecule has 0 bridgehead atoms. The van der Waals surface area contributed by atoms with Gasteiger partial charge in [-0.05, 0) is 35.1 Å². The first-order chi connectivity index (χ1) is 16.8. The number of carbonyl (C=O) groups is 3. The third-order valence-electron chi connectivity index (χ3n) is 7.03. The van der Waals surface area contributed by atoms with E-state index >= 15 is 0 Å². The second kappa shape index (κ2) is 10.9. The van der Waals surface area contributed by atoms with Gasteiger partial charge in [0.1, 0.15) is 12.6 Å². The lowest BCUT2D eigenvalue weighted by Crippen LogP contribution is -2.53. The number of aliphatic carboxylic acids is 1. The maximum Gasteiger partial charge on any atom is 0.407 e. The second-order valence-electron chi connectivity index (χ2n) is 9.45. The predicted molar refractivity (Wildman–Crippen MR) is 132 cm³/mol. The molecule has 2 amide bonds. The van der Waals surface area contributed by atoms with Gasteiger partial charge in [0.05, 0.1) is 0 Å². The highest BCUT2D eigenvalue weighted by molar-refractivity contribution is 5.79. The number of benzene rings is 2. The molecule has 0 saturated carbocycles. The number of carboxylic acid groups (broad SMARTS) is 1. The number of carbonyl (C=O) groups excluding carboxylic acids is 2. The van der Waals surface area contributed by atoms with Crippen molar-refractivity contribution in [1.29, 1.82) is 0 Å². The molecule has 8 heteroatoms. The van der Waals surface area contributed by atoms with Crippen molar-refractivity contribution in [2.75, 3.05) is 39.3 Å². The van der Waals surface area contributed by atoms with Crippen LogP contribution in [0.2, 0.25) is 0 Å². The summed E-state index contributed by atoms with van der Waals surface area (Å²) in [4.78, 5) is 39.8. The molecule has 1 heterocycles. The Morgan fingerprint density at radius 3 is 2.11 bits per heavy atom. The molecule has 0 aromatic heterocycles. The van der Waals surface area contributed by atoms with E-state index < -0.39 is 18.1 Å². The highest BCUT2D eigenvalue weighted by atomic mass is 16.5. The number of carboxylic acids is 1. The molecule has 2 aromatic carbocycles. The summed E-state index contributed by atoms with van der Waals surface area (Å²) in [6, 6.07) is 15.8. The summed E-state index contributed by atoms with van der Waals surface area (Å²) in [5, 5.41) is 11.9. The largest absolute Gasteiger partial charge is 0.480 e. The van der Waals surface area contributed by atoms with Gasteiger partial charge >= 0.3 is 12.1 Å². The van der Waals surface area contributed by atoms with Crippen LogP contribution in [0.15, 0.2) is 48.5 Å². The third-order valence-corrected chi connectivity index (χ3v) is 7.03. The van der Waals surface area contributed by atoms with Gasteiger partial charge in [-0.15, -0.1) is 0 Å². The van der Waals surface area contributed by atoms with E-state index in [4.69, 9.17) is 9.84 Å². The van der Waals surface area contributed by atoms with Gasteiger partial charge in [-0.2, -0.15) is 0 Å². The molecular formula is C27H33N3O5. The third kappa shape index (κ3) is 5.65. The maximum absolute atomic E-state index is 12.6. The Labute approximate surface area is 205 Å². The normalized spacial score (nSPS) is 17.3. The van der Waals surface area contributed by atoms with Gasteiger partial charge in [-0.25, -0.2) is 4.79 Å². The van der Waals surface area contributed by atoms with E-state index in [1.807, 2.05) is 36.1 Å². The fraction of sp³-hybridized carbons (Fsp3) is 0.444. The number of alkyl carbamates (subject to hydrolysis) is 1. The second-order valence-corrected chi connectivity index (χ2v) is 9.45. The molecule has 2 N–H and O–H groups in total. The van der Waals surface area contributed by atoms with Gasteiger partial charge < -0.3 is 20.1 Å². The van der Waals surface area contributed by atoms with E-state index in [0.29, 0.717) is 39.1 Å². The lowest BCUT2D eigenvalue weighted by atomic mass is 9.98. The number of rotatable bonds is 8. The van der Waals surface area contributed by atoms with Crippen LogP contribution in [0, 0.1) is 5.92 Å². The van der Waals surface area contributed by atoms with Crippen LogP contribution >= 0.6 is 0 Å². The number of fused-ring (bicyclic) bond motifs is 3. The van der Waals surface area contributed by atoms with E-state index in [9.17, 15) is 14.4 Å². The molecule has 0 radical (unpaired) electrons. The molecule has 8 nitrogen and oxygen atoms in total. The van der Waals surface area contributed by atoms with Crippen molar-refractivity contribution in [2.24, 2.45) is 5.92 Å². The van der Waals surface area contributed by atoms with E-state index in [2.05, 4.69) is 29.6 Å². The molecule has 0 spiro atoms. The van der Waals surface area contributed by atoms with Crippen LogP contribution in [0.3, 0.4) is 0 Å². The zero-order chi connectivity index (χ0) is 24.9. The number of hydrogen-bond acceptors (Lipinski definition) is 5. The van der Waals surface area contributed by atoms with Gasteiger partial charge in [-0.3, -0.25) is 14.5 Å². The maximum atomic E-state index is 12.6. The number of piperazine rings is 1. The highest BCUT2D eigenvalue weighted by Gasteiger charge is 2.30.